The van der Waals surface area contributed by atoms with Crippen LogP contribution in [0.1, 0.15) is 278 Å². The fraction of sp³-hybridized carbons (Fsp3) is 0.852. The minimum Gasteiger partial charge on any atom is -0.463 e. The zero-order valence-electron chi connectivity index (χ0n) is 49.8. The molecule has 18 heteroatoms. The van der Waals surface area contributed by atoms with Gasteiger partial charge in [-0.1, -0.05) is 218 Å². The van der Waals surface area contributed by atoms with Crippen LogP contribution < -0.4 is 0 Å². The highest BCUT2D eigenvalue weighted by Gasteiger charge is 2.29. The number of carbonyl (C=O) groups excluding carboxylic acids is 3. The van der Waals surface area contributed by atoms with Crippen molar-refractivity contribution in [1.82, 2.24) is 0 Å². The lowest BCUT2D eigenvalue weighted by molar-refractivity contribution is -0.161. The third-order valence-electron chi connectivity index (χ3n) is 13.3. The summed E-state index contributed by atoms with van der Waals surface area (Å²) >= 11 is 0. The first kappa shape index (κ1) is 76.8. The highest BCUT2D eigenvalue weighted by Crippen LogP contribution is 2.45. The Kier molecular flexibility index (Phi) is 54.7. The number of unbranched alkanes of at least 4 members (excludes halogenated alkanes) is 31. The predicted octanol–water partition coefficient (Wildman–Crippen LogP) is 16.3. The summed E-state index contributed by atoms with van der Waals surface area (Å²) in [7, 11) is -9.75. The van der Waals surface area contributed by atoms with E-state index >= 15 is 0 Å². The molecule has 0 saturated heterocycles. The number of aliphatic hydroxyl groups is 2. The highest BCUT2D eigenvalue weighted by molar-refractivity contribution is 7.47. The molecule has 0 aliphatic heterocycles. The number of phosphoric acid groups is 2. The molecule has 4 N–H and O–H groups in total. The van der Waals surface area contributed by atoms with Crippen molar-refractivity contribution >= 4 is 33.6 Å². The molecule has 0 radical (unpaired) electrons. The van der Waals surface area contributed by atoms with E-state index in [1.807, 2.05) is 0 Å². The molecule has 0 heterocycles. The van der Waals surface area contributed by atoms with E-state index < -0.39 is 91.5 Å². The van der Waals surface area contributed by atoms with Crippen molar-refractivity contribution in [3.05, 3.63) is 36.5 Å². The third-order valence-corrected chi connectivity index (χ3v) is 15.2. The summed E-state index contributed by atoms with van der Waals surface area (Å²) in [5.74, 6) is -1.58. The van der Waals surface area contributed by atoms with Crippen molar-refractivity contribution in [1.29, 1.82) is 0 Å². The number of phosphoric ester groups is 2. The van der Waals surface area contributed by atoms with E-state index in [1.165, 1.54) is 109 Å². The summed E-state index contributed by atoms with van der Waals surface area (Å²) in [6, 6.07) is 0. The van der Waals surface area contributed by atoms with Gasteiger partial charge in [0.1, 0.15) is 25.4 Å². The molecular weight excluding hydrogens is 1050 g/mol. The van der Waals surface area contributed by atoms with Crippen LogP contribution in [-0.4, -0.2) is 95.9 Å². The van der Waals surface area contributed by atoms with Gasteiger partial charge in [-0.2, -0.15) is 0 Å². The van der Waals surface area contributed by atoms with Crippen LogP contribution in [-0.2, 0) is 55.8 Å². The second-order valence-corrected chi connectivity index (χ2v) is 24.1. The second-order valence-electron chi connectivity index (χ2n) is 21.2. The number of hydrogen-bond acceptors (Lipinski definition) is 14. The third kappa shape index (κ3) is 57.4. The Morgan fingerprint density at radius 3 is 1.03 bits per heavy atom. The van der Waals surface area contributed by atoms with Gasteiger partial charge >= 0.3 is 33.6 Å². The van der Waals surface area contributed by atoms with E-state index in [-0.39, 0.29) is 19.3 Å². The standard InChI is InChI=1S/C61H114O16P2/c1-4-7-10-13-16-19-22-25-27-30-32-35-38-41-44-47-59(64)71-50-56(62)51-73-78(67,68)74-52-57(63)53-75-79(69,70)76-55-58(77-61(66)49-46-43-40-37-34-29-24-21-18-15-12-9-6-3)54-72-60(65)48-45-42-39-36-33-31-28-26-23-20-17-14-11-8-5-2/h16,19,25-28,56-58,62-63H,4-15,17-18,20-24,29-55H2,1-3H3,(H,67,68)(H,69,70)/b19-16-,27-25-,28-26-. The number of allylic oxidation sites excluding steroid dienone is 6. The van der Waals surface area contributed by atoms with Crippen molar-refractivity contribution in [2.24, 2.45) is 0 Å². The average Bonchev–Trinajstić information content (AvgIpc) is 3.42. The maximum atomic E-state index is 12.9. The minimum atomic E-state index is -4.91. The number of carbonyl (C=O) groups is 3. The van der Waals surface area contributed by atoms with Crippen LogP contribution in [0.5, 0.6) is 0 Å². The molecular formula is C61H114O16P2. The van der Waals surface area contributed by atoms with Crippen LogP contribution in [0.25, 0.3) is 0 Å². The number of aliphatic hydroxyl groups excluding tert-OH is 2. The lowest BCUT2D eigenvalue weighted by Crippen LogP contribution is -2.30. The van der Waals surface area contributed by atoms with Gasteiger partial charge < -0.3 is 34.2 Å². The smallest absolute Gasteiger partial charge is 0.463 e. The Hall–Kier alpha value is -2.23. The summed E-state index contributed by atoms with van der Waals surface area (Å²) in [4.78, 5) is 58.1. The maximum Gasteiger partial charge on any atom is 0.472 e. The molecule has 0 aliphatic carbocycles. The Morgan fingerprint density at radius 1 is 0.354 bits per heavy atom. The first-order valence-electron chi connectivity index (χ1n) is 31.3. The zero-order valence-corrected chi connectivity index (χ0v) is 51.6. The largest absolute Gasteiger partial charge is 0.472 e. The van der Waals surface area contributed by atoms with Gasteiger partial charge in [-0.3, -0.25) is 32.5 Å². The van der Waals surface area contributed by atoms with Crippen LogP contribution in [0.2, 0.25) is 0 Å². The maximum absolute atomic E-state index is 12.9. The summed E-state index contributed by atoms with van der Waals surface area (Å²) < 4.78 is 60.7. The van der Waals surface area contributed by atoms with Crippen molar-refractivity contribution in [3.63, 3.8) is 0 Å². The monoisotopic (exact) mass is 1160 g/mol. The molecule has 464 valence electrons. The number of rotatable bonds is 60. The fourth-order valence-corrected chi connectivity index (χ4v) is 10.1. The summed E-state index contributed by atoms with van der Waals surface area (Å²) in [6.45, 7) is 2.63. The molecule has 0 bridgehead atoms. The first-order chi connectivity index (χ1) is 38.2. The van der Waals surface area contributed by atoms with E-state index in [4.69, 9.17) is 32.3 Å². The normalized spacial score (nSPS) is 14.7. The summed E-state index contributed by atoms with van der Waals surface area (Å²) in [6.07, 6.45) is 50.6. The van der Waals surface area contributed by atoms with E-state index in [9.17, 15) is 43.5 Å². The van der Waals surface area contributed by atoms with Crippen LogP contribution in [0.4, 0.5) is 0 Å². The van der Waals surface area contributed by atoms with E-state index in [0.717, 1.165) is 109 Å². The highest BCUT2D eigenvalue weighted by atomic mass is 31.2. The quantitative estimate of drug-likeness (QED) is 0.0146. The molecule has 0 rings (SSSR count). The molecule has 0 aromatic heterocycles. The molecule has 0 fully saturated rings. The molecule has 79 heavy (non-hydrogen) atoms. The van der Waals surface area contributed by atoms with Crippen molar-refractivity contribution < 1.29 is 75.8 Å². The molecule has 5 unspecified atom stereocenters. The molecule has 0 spiro atoms. The van der Waals surface area contributed by atoms with Crippen LogP contribution >= 0.6 is 15.6 Å². The Balaban J connectivity index is 4.68. The molecule has 0 saturated carbocycles. The fourth-order valence-electron chi connectivity index (χ4n) is 8.48. The Labute approximate surface area is 479 Å². The topological polar surface area (TPSA) is 231 Å². The Morgan fingerprint density at radius 2 is 0.633 bits per heavy atom. The number of ether oxygens (including phenoxy) is 3. The number of hydrogen-bond donors (Lipinski definition) is 4. The molecule has 0 aromatic carbocycles. The van der Waals surface area contributed by atoms with Crippen LogP contribution in [0.15, 0.2) is 36.5 Å². The van der Waals surface area contributed by atoms with Gasteiger partial charge in [-0.25, -0.2) is 9.13 Å². The Bertz CT molecular complexity index is 1610. The van der Waals surface area contributed by atoms with E-state index in [2.05, 4.69) is 57.2 Å². The van der Waals surface area contributed by atoms with Crippen molar-refractivity contribution in [3.8, 4) is 0 Å². The molecule has 16 nitrogen and oxygen atoms in total. The molecule has 0 aliphatic rings. The van der Waals surface area contributed by atoms with Gasteiger partial charge in [-0.15, -0.1) is 0 Å². The van der Waals surface area contributed by atoms with Gasteiger partial charge in [0.15, 0.2) is 6.10 Å². The van der Waals surface area contributed by atoms with Gasteiger partial charge in [0.2, 0.25) is 0 Å². The minimum absolute atomic E-state index is 0.110. The molecule has 0 aromatic rings. The predicted molar refractivity (Wildman–Crippen MR) is 316 cm³/mol. The summed E-state index contributed by atoms with van der Waals surface area (Å²) in [5, 5.41) is 20.5. The van der Waals surface area contributed by atoms with E-state index in [1.54, 1.807) is 0 Å². The van der Waals surface area contributed by atoms with Gasteiger partial charge in [0.05, 0.1) is 26.4 Å². The van der Waals surface area contributed by atoms with Crippen LogP contribution in [0.3, 0.4) is 0 Å². The SMILES string of the molecule is CCCCC/C=C\C/C=C\CCCCCCCC(=O)OCC(O)COP(=O)(O)OCC(O)COP(=O)(O)OCC(COC(=O)CCCCCCC/C=C\CCCCCCCC)OC(=O)CCCCCCCCCCCCCCC. The van der Waals surface area contributed by atoms with Gasteiger partial charge in [0.25, 0.3) is 0 Å². The molecule has 0 amide bonds. The summed E-state index contributed by atoms with van der Waals surface area (Å²) in [5.41, 5.74) is 0. The van der Waals surface area contributed by atoms with Crippen molar-refractivity contribution in [2.75, 3.05) is 39.6 Å². The van der Waals surface area contributed by atoms with Gasteiger partial charge in [0, 0.05) is 19.3 Å². The zero-order chi connectivity index (χ0) is 58.2. The lowest BCUT2D eigenvalue weighted by atomic mass is 10.0. The first-order valence-corrected chi connectivity index (χ1v) is 34.3. The number of esters is 3. The second kappa shape index (κ2) is 56.3. The molecule has 5 atom stereocenters. The van der Waals surface area contributed by atoms with Crippen LogP contribution in [0, 0.1) is 0 Å². The van der Waals surface area contributed by atoms with E-state index in [0.29, 0.717) is 19.3 Å². The lowest BCUT2D eigenvalue weighted by Gasteiger charge is -2.21. The van der Waals surface area contributed by atoms with Crippen molar-refractivity contribution in [2.45, 2.75) is 296 Å². The average molecular weight is 1170 g/mol. The van der Waals surface area contributed by atoms with Gasteiger partial charge in [-0.05, 0) is 77.0 Å².